The SMILES string of the molecule is O=C(CCCNC(=O)c1ccccc1)Nc1nc2ccccc2[nH]1. The van der Waals surface area contributed by atoms with E-state index >= 15 is 0 Å². The molecule has 0 aliphatic carbocycles. The highest BCUT2D eigenvalue weighted by molar-refractivity contribution is 5.94. The topological polar surface area (TPSA) is 86.9 Å². The number of H-pyrrole nitrogens is 1. The summed E-state index contributed by atoms with van der Waals surface area (Å²) in [7, 11) is 0. The number of hydrogen-bond acceptors (Lipinski definition) is 3. The van der Waals surface area contributed by atoms with Gasteiger partial charge in [-0.15, -0.1) is 0 Å². The molecule has 2 amide bonds. The van der Waals surface area contributed by atoms with Crippen molar-refractivity contribution in [3.8, 4) is 0 Å². The fourth-order valence-corrected chi connectivity index (χ4v) is 2.35. The van der Waals surface area contributed by atoms with Crippen LogP contribution in [0.15, 0.2) is 54.6 Å². The highest BCUT2D eigenvalue weighted by Gasteiger charge is 2.07. The smallest absolute Gasteiger partial charge is 0.251 e. The van der Waals surface area contributed by atoms with E-state index in [0.29, 0.717) is 30.9 Å². The van der Waals surface area contributed by atoms with Crippen LogP contribution in [0.2, 0.25) is 0 Å². The van der Waals surface area contributed by atoms with Gasteiger partial charge < -0.3 is 10.3 Å². The molecule has 6 nitrogen and oxygen atoms in total. The van der Waals surface area contributed by atoms with Crippen molar-refractivity contribution in [1.82, 2.24) is 15.3 Å². The van der Waals surface area contributed by atoms with Gasteiger partial charge in [0, 0.05) is 18.5 Å². The first-order chi connectivity index (χ1) is 11.7. The molecule has 2 aromatic carbocycles. The highest BCUT2D eigenvalue weighted by atomic mass is 16.2. The number of nitrogens with zero attached hydrogens (tertiary/aromatic N) is 1. The molecule has 0 atom stereocenters. The number of fused-ring (bicyclic) bond motifs is 1. The summed E-state index contributed by atoms with van der Waals surface area (Å²) in [4.78, 5) is 31.1. The van der Waals surface area contributed by atoms with Crippen molar-refractivity contribution in [2.45, 2.75) is 12.8 Å². The van der Waals surface area contributed by atoms with Gasteiger partial charge in [-0.25, -0.2) is 4.98 Å². The second-order valence-corrected chi connectivity index (χ2v) is 5.38. The predicted octanol–water partition coefficient (Wildman–Crippen LogP) is 2.71. The molecule has 1 aromatic heterocycles. The molecule has 3 N–H and O–H groups in total. The normalized spacial score (nSPS) is 10.5. The summed E-state index contributed by atoms with van der Waals surface area (Å²) in [6, 6.07) is 16.6. The molecule has 0 radical (unpaired) electrons. The minimum Gasteiger partial charge on any atom is -0.352 e. The molecule has 6 heteroatoms. The van der Waals surface area contributed by atoms with Crippen LogP contribution < -0.4 is 10.6 Å². The number of nitrogens with one attached hydrogen (secondary N) is 3. The molecule has 0 saturated carbocycles. The molecule has 3 aromatic rings. The Balaban J connectivity index is 1.42. The third-order valence-electron chi connectivity index (χ3n) is 3.55. The van der Waals surface area contributed by atoms with Gasteiger partial charge in [0.15, 0.2) is 0 Å². The highest BCUT2D eigenvalue weighted by Crippen LogP contribution is 2.13. The molecular weight excluding hydrogens is 304 g/mol. The molecule has 3 rings (SSSR count). The molecule has 122 valence electrons. The minimum absolute atomic E-state index is 0.131. The Kier molecular flexibility index (Phi) is 4.86. The van der Waals surface area contributed by atoms with Gasteiger partial charge >= 0.3 is 0 Å². The number of carbonyl (C=O) groups excluding carboxylic acids is 2. The maximum absolute atomic E-state index is 11.9. The second-order valence-electron chi connectivity index (χ2n) is 5.38. The zero-order valence-electron chi connectivity index (χ0n) is 13.1. The van der Waals surface area contributed by atoms with Crippen LogP contribution in [0, 0.1) is 0 Å². The Morgan fingerprint density at radius 2 is 1.75 bits per heavy atom. The molecule has 0 fully saturated rings. The minimum atomic E-state index is -0.136. The maximum atomic E-state index is 11.9. The fraction of sp³-hybridized carbons (Fsp3) is 0.167. The van der Waals surface area contributed by atoms with E-state index in [2.05, 4.69) is 20.6 Å². The molecule has 0 saturated heterocycles. The van der Waals surface area contributed by atoms with E-state index in [9.17, 15) is 9.59 Å². The standard InChI is InChI=1S/C18H18N4O2/c23-16(22-18-20-14-9-4-5-10-15(14)21-18)11-6-12-19-17(24)13-7-2-1-3-8-13/h1-5,7-10H,6,11-12H2,(H,19,24)(H2,20,21,22,23). The number of aromatic amines is 1. The molecule has 0 bridgehead atoms. The molecule has 24 heavy (non-hydrogen) atoms. The lowest BCUT2D eigenvalue weighted by Crippen LogP contribution is -2.25. The first kappa shape index (κ1) is 15.7. The number of rotatable bonds is 6. The van der Waals surface area contributed by atoms with Crippen LogP contribution in [-0.2, 0) is 4.79 Å². The lowest BCUT2D eigenvalue weighted by molar-refractivity contribution is -0.116. The van der Waals surface area contributed by atoms with Crippen LogP contribution in [0.25, 0.3) is 11.0 Å². The van der Waals surface area contributed by atoms with Gasteiger partial charge in [-0.1, -0.05) is 30.3 Å². The Morgan fingerprint density at radius 3 is 2.54 bits per heavy atom. The van der Waals surface area contributed by atoms with E-state index < -0.39 is 0 Å². The first-order valence-electron chi connectivity index (χ1n) is 7.80. The van der Waals surface area contributed by atoms with E-state index in [1.165, 1.54) is 0 Å². The van der Waals surface area contributed by atoms with E-state index in [4.69, 9.17) is 0 Å². The number of para-hydroxylation sites is 2. The summed E-state index contributed by atoms with van der Waals surface area (Å²) in [5, 5.41) is 5.53. The zero-order chi connectivity index (χ0) is 16.8. The van der Waals surface area contributed by atoms with Crippen LogP contribution >= 0.6 is 0 Å². The third kappa shape index (κ3) is 3.98. The fourth-order valence-electron chi connectivity index (χ4n) is 2.35. The Morgan fingerprint density at radius 1 is 1.00 bits per heavy atom. The van der Waals surface area contributed by atoms with Crippen molar-refractivity contribution >= 4 is 28.8 Å². The van der Waals surface area contributed by atoms with Crippen LogP contribution in [-0.4, -0.2) is 28.3 Å². The van der Waals surface area contributed by atoms with E-state index in [0.717, 1.165) is 11.0 Å². The first-order valence-corrected chi connectivity index (χ1v) is 7.80. The van der Waals surface area contributed by atoms with E-state index in [-0.39, 0.29) is 11.8 Å². The average molecular weight is 322 g/mol. The number of carbonyl (C=O) groups is 2. The number of benzene rings is 2. The van der Waals surface area contributed by atoms with Gasteiger partial charge in [-0.05, 0) is 30.7 Å². The van der Waals surface area contributed by atoms with Gasteiger partial charge in [0.25, 0.3) is 5.91 Å². The number of hydrogen-bond donors (Lipinski definition) is 3. The van der Waals surface area contributed by atoms with Crippen molar-refractivity contribution in [3.63, 3.8) is 0 Å². The lowest BCUT2D eigenvalue weighted by Gasteiger charge is -2.05. The molecule has 0 aliphatic heterocycles. The zero-order valence-corrected chi connectivity index (χ0v) is 13.1. The Bertz CT molecular complexity index is 809. The van der Waals surface area contributed by atoms with Crippen LogP contribution in [0.5, 0.6) is 0 Å². The van der Waals surface area contributed by atoms with E-state index in [1.54, 1.807) is 12.1 Å². The molecule has 0 spiro atoms. The lowest BCUT2D eigenvalue weighted by atomic mass is 10.2. The van der Waals surface area contributed by atoms with Gasteiger partial charge in [-0.2, -0.15) is 0 Å². The summed E-state index contributed by atoms with van der Waals surface area (Å²) in [6.45, 7) is 0.446. The molecule has 0 unspecified atom stereocenters. The average Bonchev–Trinajstić information content (AvgIpc) is 3.01. The second kappa shape index (κ2) is 7.41. The van der Waals surface area contributed by atoms with Crippen molar-refractivity contribution in [1.29, 1.82) is 0 Å². The number of imidazole rings is 1. The maximum Gasteiger partial charge on any atom is 0.251 e. The number of anilines is 1. The Hall–Kier alpha value is -3.15. The van der Waals surface area contributed by atoms with Gasteiger partial charge in [0.1, 0.15) is 0 Å². The molecule has 0 aliphatic rings. The summed E-state index contributed by atoms with van der Waals surface area (Å²) in [5.41, 5.74) is 2.30. The monoisotopic (exact) mass is 322 g/mol. The van der Waals surface area contributed by atoms with Gasteiger partial charge in [-0.3, -0.25) is 14.9 Å². The van der Waals surface area contributed by atoms with Gasteiger partial charge in [0.05, 0.1) is 11.0 Å². The predicted molar refractivity (Wildman–Crippen MR) is 92.7 cm³/mol. The van der Waals surface area contributed by atoms with Crippen molar-refractivity contribution in [2.75, 3.05) is 11.9 Å². The summed E-state index contributed by atoms with van der Waals surface area (Å²) in [5.74, 6) is 0.172. The van der Waals surface area contributed by atoms with Gasteiger partial charge in [0.2, 0.25) is 11.9 Å². The van der Waals surface area contributed by atoms with Crippen LogP contribution in [0.4, 0.5) is 5.95 Å². The quantitative estimate of drug-likeness (QED) is 0.610. The largest absolute Gasteiger partial charge is 0.352 e. The summed E-state index contributed by atoms with van der Waals surface area (Å²) >= 11 is 0. The van der Waals surface area contributed by atoms with Crippen molar-refractivity contribution in [2.24, 2.45) is 0 Å². The third-order valence-corrected chi connectivity index (χ3v) is 3.55. The van der Waals surface area contributed by atoms with Crippen molar-refractivity contribution in [3.05, 3.63) is 60.2 Å². The van der Waals surface area contributed by atoms with E-state index in [1.807, 2.05) is 42.5 Å². The number of amides is 2. The molecule has 1 heterocycles. The summed E-state index contributed by atoms with van der Waals surface area (Å²) in [6.07, 6.45) is 0.872. The van der Waals surface area contributed by atoms with Crippen molar-refractivity contribution < 1.29 is 9.59 Å². The summed E-state index contributed by atoms with van der Waals surface area (Å²) < 4.78 is 0. The van der Waals surface area contributed by atoms with Crippen LogP contribution in [0.3, 0.4) is 0 Å². The molecular formula is C18H18N4O2. The number of aromatic nitrogens is 2. The Labute approximate surface area is 139 Å². The van der Waals surface area contributed by atoms with Crippen LogP contribution in [0.1, 0.15) is 23.2 Å².